The first-order valence-electron chi connectivity index (χ1n) is 4.32. The highest BCUT2D eigenvalue weighted by Crippen LogP contribution is 2.21. The lowest BCUT2D eigenvalue weighted by atomic mass is 10.2. The molecule has 0 fully saturated rings. The molecule has 0 aliphatic heterocycles. The summed E-state index contributed by atoms with van der Waals surface area (Å²) in [5, 5.41) is 0.443. The van der Waals surface area contributed by atoms with Crippen LogP contribution < -0.4 is 0 Å². The van der Waals surface area contributed by atoms with Crippen molar-refractivity contribution in [3.8, 4) is 0 Å². The summed E-state index contributed by atoms with van der Waals surface area (Å²) < 4.78 is 21.3. The Morgan fingerprint density at radius 3 is 3.00 bits per heavy atom. The summed E-state index contributed by atoms with van der Waals surface area (Å²) in [6, 6.07) is 4.35. The molecule has 1 nitrogen and oxygen atoms in total. The minimum absolute atomic E-state index is 0.120. The molecule has 0 spiro atoms. The molecular weight excluding hydrogens is 227 g/mol. The molecule has 0 aromatic heterocycles. The van der Waals surface area contributed by atoms with Crippen molar-refractivity contribution in [2.24, 2.45) is 0 Å². The average molecular weight is 237 g/mol. The number of hydrogen-bond acceptors (Lipinski definition) is 1. The number of carbonyl (C=O) groups is 1. The molecule has 0 heterocycles. The van der Waals surface area contributed by atoms with E-state index in [4.69, 9.17) is 15.7 Å². The monoisotopic (exact) mass is 235 g/mol. The van der Waals surface area contributed by atoms with Crippen LogP contribution in [-0.4, -0.2) is 5.78 Å². The van der Waals surface area contributed by atoms with Crippen molar-refractivity contribution in [3.05, 3.63) is 33.3 Å². The van der Waals surface area contributed by atoms with Crippen LogP contribution in [0.5, 0.6) is 0 Å². The third-order valence-electron chi connectivity index (χ3n) is 1.18. The van der Waals surface area contributed by atoms with Crippen LogP contribution in [-0.2, 0) is 0 Å². The van der Waals surface area contributed by atoms with Gasteiger partial charge in [-0.1, -0.05) is 11.6 Å². The molecule has 3 heteroatoms. The molecule has 58 valence electrons. The molecule has 0 aliphatic rings. The van der Waals surface area contributed by atoms with E-state index in [0.29, 0.717) is 9.50 Å². The summed E-state index contributed by atoms with van der Waals surface area (Å²) in [5.74, 6) is -0.888. The van der Waals surface area contributed by atoms with Gasteiger partial charge in [0.05, 0.1) is 0 Å². The van der Waals surface area contributed by atoms with Crippen LogP contribution in [0.25, 0.3) is 0 Å². The number of carbonyl (C=O) groups excluding carboxylic acids is 1. The van der Waals surface area contributed by atoms with Gasteiger partial charge in [0.1, 0.15) is 0 Å². The summed E-state index contributed by atoms with van der Waals surface area (Å²) >= 11 is 8.74. The predicted molar refractivity (Wildman–Crippen MR) is 49.2 cm³/mol. The van der Waals surface area contributed by atoms with Gasteiger partial charge >= 0.3 is 0 Å². The fourth-order valence-corrected chi connectivity index (χ4v) is 1.54. The highest BCUT2D eigenvalue weighted by molar-refractivity contribution is 9.10. The van der Waals surface area contributed by atoms with Gasteiger partial charge in [0.15, 0.2) is 5.78 Å². The molecule has 0 saturated carbocycles. The van der Waals surface area contributed by atoms with Crippen LogP contribution in [0.1, 0.15) is 21.3 Å². The Kier molecular flexibility index (Phi) is 1.63. The van der Waals surface area contributed by atoms with Crippen LogP contribution in [0.2, 0.25) is 5.02 Å². The van der Waals surface area contributed by atoms with Gasteiger partial charge in [-0.3, -0.25) is 4.79 Å². The lowest BCUT2D eigenvalue weighted by Crippen LogP contribution is -1.92. The van der Waals surface area contributed by atoms with Gasteiger partial charge in [-0.15, -0.1) is 0 Å². The second-order valence-electron chi connectivity index (χ2n) is 1.95. The van der Waals surface area contributed by atoms with Gasteiger partial charge in [-0.05, 0) is 41.0 Å². The van der Waals surface area contributed by atoms with Crippen LogP contribution in [0.4, 0.5) is 0 Å². The molecule has 0 amide bonds. The van der Waals surface area contributed by atoms with Gasteiger partial charge < -0.3 is 0 Å². The van der Waals surface area contributed by atoms with Crippen LogP contribution >= 0.6 is 27.5 Å². The van der Waals surface area contributed by atoms with Crippen molar-refractivity contribution >= 4 is 33.3 Å². The summed E-state index contributed by atoms with van der Waals surface area (Å²) in [4.78, 5) is 11.4. The van der Waals surface area contributed by atoms with Gasteiger partial charge in [0, 0.05) is 19.2 Å². The number of benzene rings is 1. The lowest BCUT2D eigenvalue weighted by molar-refractivity contribution is 0.101. The fourth-order valence-electron chi connectivity index (χ4n) is 0.674. The standard InChI is InChI=1S/C8H6BrClO/c1-5(11)7-3-2-6(10)4-8(7)9/h2-4H,1H3/i1D3. The minimum Gasteiger partial charge on any atom is -0.294 e. The lowest BCUT2D eigenvalue weighted by Gasteiger charge is -1.98. The zero-order chi connectivity index (χ0) is 10.9. The van der Waals surface area contributed by atoms with E-state index in [2.05, 4.69) is 15.9 Å². The molecule has 1 aromatic carbocycles. The highest BCUT2D eigenvalue weighted by Gasteiger charge is 2.03. The molecular formula is C8H6BrClO. The second kappa shape index (κ2) is 3.37. The maximum atomic E-state index is 11.4. The van der Waals surface area contributed by atoms with Crippen molar-refractivity contribution in [1.82, 2.24) is 0 Å². The largest absolute Gasteiger partial charge is 0.294 e. The van der Waals surface area contributed by atoms with E-state index in [1.165, 1.54) is 18.2 Å². The molecule has 0 aliphatic carbocycles. The molecule has 0 N–H and O–H groups in total. The van der Waals surface area contributed by atoms with E-state index in [0.717, 1.165) is 0 Å². The normalized spacial score (nSPS) is 14.9. The van der Waals surface area contributed by atoms with Crippen molar-refractivity contribution in [3.63, 3.8) is 0 Å². The first kappa shape index (κ1) is 5.33. The zero-order valence-corrected chi connectivity index (χ0v) is 7.74. The number of hydrogen-bond donors (Lipinski definition) is 0. The Bertz CT molecular complexity index is 375. The van der Waals surface area contributed by atoms with E-state index < -0.39 is 12.6 Å². The summed E-state index contributed by atoms with van der Waals surface area (Å²) in [7, 11) is 0. The Hall–Kier alpha value is -0.340. The number of ketones is 1. The number of Topliss-reactive ketones (excluding diaryl/α,β-unsaturated/α-hetero) is 1. The van der Waals surface area contributed by atoms with E-state index >= 15 is 0 Å². The van der Waals surface area contributed by atoms with E-state index in [1.807, 2.05) is 0 Å². The quantitative estimate of drug-likeness (QED) is 0.684. The van der Waals surface area contributed by atoms with E-state index in [1.54, 1.807) is 0 Å². The van der Waals surface area contributed by atoms with Gasteiger partial charge in [0.2, 0.25) is 0 Å². The minimum atomic E-state index is -2.61. The fraction of sp³-hybridized carbons (Fsp3) is 0.125. The van der Waals surface area contributed by atoms with Crippen molar-refractivity contribution < 1.29 is 8.91 Å². The second-order valence-corrected chi connectivity index (χ2v) is 3.24. The maximum Gasteiger partial charge on any atom is 0.160 e. The third kappa shape index (κ3) is 2.04. The van der Waals surface area contributed by atoms with E-state index in [-0.39, 0.29) is 5.56 Å². The zero-order valence-electron chi connectivity index (χ0n) is 8.40. The first-order valence-corrected chi connectivity index (χ1v) is 3.99. The topological polar surface area (TPSA) is 17.1 Å². The molecule has 11 heavy (non-hydrogen) atoms. The Morgan fingerprint density at radius 2 is 2.45 bits per heavy atom. The van der Waals surface area contributed by atoms with Crippen LogP contribution in [0.3, 0.4) is 0 Å². The molecule has 0 bridgehead atoms. The first-order chi connectivity index (χ1) is 6.32. The van der Waals surface area contributed by atoms with E-state index in [9.17, 15) is 4.79 Å². The van der Waals surface area contributed by atoms with Crippen LogP contribution in [0.15, 0.2) is 22.7 Å². The smallest absolute Gasteiger partial charge is 0.160 e. The molecule has 0 unspecified atom stereocenters. The van der Waals surface area contributed by atoms with Crippen LogP contribution in [0, 0.1) is 0 Å². The Balaban J connectivity index is 3.15. The van der Waals surface area contributed by atoms with Crippen molar-refractivity contribution in [2.75, 3.05) is 0 Å². The highest BCUT2D eigenvalue weighted by atomic mass is 79.9. The van der Waals surface area contributed by atoms with Crippen molar-refractivity contribution in [2.45, 2.75) is 6.85 Å². The Morgan fingerprint density at radius 1 is 1.73 bits per heavy atom. The maximum absolute atomic E-state index is 11.4. The average Bonchev–Trinajstić information content (AvgIpc) is 2.01. The van der Waals surface area contributed by atoms with Gasteiger partial charge in [-0.2, -0.15) is 0 Å². The third-order valence-corrected chi connectivity index (χ3v) is 2.07. The van der Waals surface area contributed by atoms with Gasteiger partial charge in [0.25, 0.3) is 0 Å². The SMILES string of the molecule is [2H]C([2H])([2H])C(=O)c1ccc(Cl)cc1Br. The molecule has 0 atom stereocenters. The molecule has 1 rings (SSSR count). The summed E-state index contributed by atoms with van der Waals surface area (Å²) in [6.07, 6.45) is 0. The summed E-state index contributed by atoms with van der Waals surface area (Å²) in [5.41, 5.74) is 0.120. The Labute approximate surface area is 82.7 Å². The van der Waals surface area contributed by atoms with Crippen molar-refractivity contribution in [1.29, 1.82) is 0 Å². The predicted octanol–water partition coefficient (Wildman–Crippen LogP) is 3.31. The van der Waals surface area contributed by atoms with Gasteiger partial charge in [-0.25, -0.2) is 0 Å². The summed E-state index contributed by atoms with van der Waals surface area (Å²) in [6.45, 7) is -2.61. The molecule has 1 aromatic rings. The molecule has 0 saturated heterocycles. The number of rotatable bonds is 1. The number of halogens is 2. The molecule has 0 radical (unpaired) electrons.